The third kappa shape index (κ3) is 23.1. The number of esters is 5. The molecule has 0 aromatic heterocycles. The maximum Gasteiger partial charge on any atom is 0.508 e. The van der Waals surface area contributed by atoms with E-state index in [2.05, 4.69) is 53.0 Å². The molecule has 0 bridgehead atoms. The minimum absolute atomic E-state index is 0.199. The Bertz CT molecular complexity index is 1670. The molecule has 0 heterocycles. The van der Waals surface area contributed by atoms with Crippen LogP contribution in [0.1, 0.15) is 40.0 Å². The van der Waals surface area contributed by atoms with Gasteiger partial charge >= 0.3 is 54.3 Å². The Morgan fingerprint density at radius 3 is 1.24 bits per heavy atom. The predicted octanol–water partition coefficient (Wildman–Crippen LogP) is 3.35. The molecule has 1 fully saturated rings. The van der Waals surface area contributed by atoms with Crippen molar-refractivity contribution in [2.75, 3.05) is 86.4 Å². The molecule has 1 aliphatic rings. The summed E-state index contributed by atoms with van der Waals surface area (Å²) in [5.74, 6) is -4.45. The van der Waals surface area contributed by atoms with Crippen LogP contribution in [0.4, 0.5) is 19.2 Å². The largest absolute Gasteiger partial charge is 0.508 e. The quantitative estimate of drug-likeness (QED) is 0.0470. The molecule has 1 saturated carbocycles. The number of carbonyl (C=O) groups is 9. The van der Waals surface area contributed by atoms with E-state index in [9.17, 15) is 43.2 Å². The fraction of sp³-hybridized carbons (Fsp3) is 0.558. The van der Waals surface area contributed by atoms with Crippen molar-refractivity contribution in [2.45, 2.75) is 51.6 Å². The number of carbonyl (C=O) groups excluding carboxylic acids is 9. The van der Waals surface area contributed by atoms with Crippen LogP contribution in [0.2, 0.25) is 0 Å². The van der Waals surface area contributed by atoms with Crippen LogP contribution in [0.5, 0.6) is 0 Å². The number of alkyl carbamates (subject to hydrolysis) is 2. The highest BCUT2D eigenvalue weighted by molar-refractivity contribution is 5.83. The lowest BCUT2D eigenvalue weighted by molar-refractivity contribution is -0.167. The summed E-state index contributed by atoms with van der Waals surface area (Å²) in [5, 5.41) is 5.58. The van der Waals surface area contributed by atoms with Gasteiger partial charge in [0.1, 0.15) is 66.1 Å². The molecule has 1 rings (SSSR count). The third-order valence-electron chi connectivity index (χ3n) is 9.08. The second kappa shape index (κ2) is 28.8. The normalized spacial score (nSPS) is 16.2. The van der Waals surface area contributed by atoms with E-state index in [0.717, 1.165) is 37.5 Å². The third-order valence-corrected chi connectivity index (χ3v) is 9.08. The molecule has 0 aliphatic heterocycles. The lowest BCUT2D eigenvalue weighted by Gasteiger charge is -2.46. The van der Waals surface area contributed by atoms with Gasteiger partial charge < -0.3 is 67.5 Å². The van der Waals surface area contributed by atoms with Gasteiger partial charge in [-0.1, -0.05) is 46.7 Å². The van der Waals surface area contributed by atoms with Crippen molar-refractivity contribution in [1.29, 1.82) is 0 Å². The number of methoxy groups -OCH3 is 1. The van der Waals surface area contributed by atoms with Crippen LogP contribution in [0.15, 0.2) is 63.3 Å². The van der Waals surface area contributed by atoms with Crippen LogP contribution in [-0.4, -0.2) is 152 Å². The van der Waals surface area contributed by atoms with Crippen molar-refractivity contribution < 1.29 is 100.0 Å². The van der Waals surface area contributed by atoms with Crippen molar-refractivity contribution in [3.63, 3.8) is 0 Å². The van der Waals surface area contributed by atoms with Gasteiger partial charge in [0.05, 0.1) is 31.2 Å². The van der Waals surface area contributed by atoms with Gasteiger partial charge in [-0.05, 0) is 31.6 Å². The van der Waals surface area contributed by atoms with E-state index in [-0.39, 0.29) is 32.8 Å². The van der Waals surface area contributed by atoms with Gasteiger partial charge in [-0.2, -0.15) is 0 Å². The fourth-order valence-corrected chi connectivity index (χ4v) is 6.40. The number of ether oxygens (including phenoxy) is 12. The number of nitrogens with one attached hydrogen (secondary N) is 2. The molecule has 0 radical (unpaired) electrons. The highest BCUT2D eigenvalue weighted by Gasteiger charge is 2.44. The maximum atomic E-state index is 13.6. The topological polar surface area (TPSA) is 288 Å². The smallest absolute Gasteiger partial charge is 0.462 e. The molecular formula is C43H60N2O21. The molecule has 2 atom stereocenters. The Kier molecular flexibility index (Phi) is 24.9. The van der Waals surface area contributed by atoms with E-state index in [0.29, 0.717) is 12.8 Å². The second-order valence-electron chi connectivity index (χ2n) is 15.8. The first-order chi connectivity index (χ1) is 31.1. The Morgan fingerprint density at radius 2 is 0.864 bits per heavy atom. The molecule has 0 saturated heterocycles. The van der Waals surface area contributed by atoms with Crippen molar-refractivity contribution in [2.24, 2.45) is 16.2 Å². The first-order valence-electron chi connectivity index (χ1n) is 20.0. The zero-order chi connectivity index (χ0) is 49.8. The molecule has 2 unspecified atom stereocenters. The average molecular weight is 941 g/mol. The lowest BCUT2D eigenvalue weighted by Crippen LogP contribution is -2.58. The van der Waals surface area contributed by atoms with Crippen molar-refractivity contribution >= 4 is 54.3 Å². The Hall–Kier alpha value is -6.91. The average Bonchev–Trinajstić information content (AvgIpc) is 3.27. The first kappa shape index (κ1) is 57.1. The monoisotopic (exact) mass is 940 g/mol. The molecule has 368 valence electrons. The zero-order valence-corrected chi connectivity index (χ0v) is 37.7. The number of rotatable bonds is 29. The summed E-state index contributed by atoms with van der Waals surface area (Å²) in [6, 6.07) is -0.529. The molecule has 0 spiro atoms. The van der Waals surface area contributed by atoms with Crippen LogP contribution in [-0.2, 0) is 80.8 Å². The molecule has 23 heteroatoms. The fourth-order valence-electron chi connectivity index (χ4n) is 6.40. The first-order valence-corrected chi connectivity index (χ1v) is 20.0. The second-order valence-corrected chi connectivity index (χ2v) is 15.8. The van der Waals surface area contributed by atoms with E-state index in [1.165, 1.54) is 0 Å². The van der Waals surface area contributed by atoms with Crippen LogP contribution >= 0.6 is 0 Å². The van der Waals surface area contributed by atoms with Crippen LogP contribution in [0, 0.1) is 16.2 Å². The summed E-state index contributed by atoms with van der Waals surface area (Å²) in [4.78, 5) is 110. The van der Waals surface area contributed by atoms with Gasteiger partial charge in [0.15, 0.2) is 0 Å². The Morgan fingerprint density at radius 1 is 0.500 bits per heavy atom. The van der Waals surface area contributed by atoms with Gasteiger partial charge in [0.25, 0.3) is 0 Å². The lowest BCUT2D eigenvalue weighted by atomic mass is 9.67. The zero-order valence-electron chi connectivity index (χ0n) is 37.7. The molecule has 1 aliphatic carbocycles. The van der Waals surface area contributed by atoms with Gasteiger partial charge in [-0.15, -0.1) is 0 Å². The molecule has 23 nitrogen and oxygen atoms in total. The van der Waals surface area contributed by atoms with Gasteiger partial charge in [-0.3, -0.25) is 0 Å². The van der Waals surface area contributed by atoms with E-state index in [1.807, 2.05) is 13.8 Å². The minimum Gasteiger partial charge on any atom is -0.462 e. The Labute approximate surface area is 382 Å². The van der Waals surface area contributed by atoms with Crippen molar-refractivity contribution in [3.05, 3.63) is 63.3 Å². The van der Waals surface area contributed by atoms with Gasteiger partial charge in [0.2, 0.25) is 0 Å². The van der Waals surface area contributed by atoms with E-state index in [4.69, 9.17) is 47.4 Å². The summed E-state index contributed by atoms with van der Waals surface area (Å²) >= 11 is 0. The summed E-state index contributed by atoms with van der Waals surface area (Å²) in [5.41, 5.74) is -4.72. The maximum absolute atomic E-state index is 13.6. The Balaban J connectivity index is 3.24. The van der Waals surface area contributed by atoms with Crippen LogP contribution < -0.4 is 10.6 Å². The summed E-state index contributed by atoms with van der Waals surface area (Å²) in [6.45, 7) is 16.6. The van der Waals surface area contributed by atoms with Crippen LogP contribution in [0.3, 0.4) is 0 Å². The summed E-state index contributed by atoms with van der Waals surface area (Å²) in [6.07, 6.45) is 1.57. The summed E-state index contributed by atoms with van der Waals surface area (Å²) < 4.78 is 61.7. The van der Waals surface area contributed by atoms with Gasteiger partial charge in [0, 0.05) is 42.0 Å². The van der Waals surface area contributed by atoms with Crippen molar-refractivity contribution in [3.8, 4) is 0 Å². The number of hydrogen-bond donors (Lipinski definition) is 2. The highest BCUT2D eigenvalue weighted by Crippen LogP contribution is 2.41. The molecule has 2 N–H and O–H groups in total. The van der Waals surface area contributed by atoms with Gasteiger partial charge in [-0.25, -0.2) is 43.2 Å². The molecule has 2 amide bonds. The highest BCUT2D eigenvalue weighted by atomic mass is 16.7. The molecule has 66 heavy (non-hydrogen) atoms. The SMILES string of the molecule is C=CC(=O)OCC(COCC(COC(=O)C=C)(COC(=O)C=C)COC(=O)NC1(C)CC(NC(=O)OCCOC(=O)OCCOC(=O)OC)CC(C)(C)C1)(COC(=O)C=C)COC(=O)C=C. The number of hydrogen-bond acceptors (Lipinski definition) is 21. The van der Waals surface area contributed by atoms with E-state index < -0.39 is 135 Å². The standard InChI is InChI=1S/C43H60N2O21/c1-10-31(46)61-24-42(25-62-32(47)11-2,26-63-33(48)12-3)22-56-23-43(27-64-34(49)13-4,28-65-35(50)14-5)29-66-37(52)45-41(8)20-30(19-40(6,7)21-41)44-36(51)57-15-16-59-39(54)60-18-17-58-38(53)55-9/h10-14,30H,1-5,15-29H2,6-9H3,(H,44,51)(H,45,52). The molecule has 0 aromatic rings. The van der Waals surface area contributed by atoms with Crippen molar-refractivity contribution in [1.82, 2.24) is 10.6 Å². The van der Waals surface area contributed by atoms with Crippen LogP contribution in [0.25, 0.3) is 0 Å². The minimum atomic E-state index is -1.67. The molecular weight excluding hydrogens is 880 g/mol. The predicted molar refractivity (Wildman–Crippen MR) is 226 cm³/mol. The molecule has 0 aromatic carbocycles. The van der Waals surface area contributed by atoms with E-state index in [1.54, 1.807) is 6.92 Å². The summed E-state index contributed by atoms with van der Waals surface area (Å²) in [7, 11) is 1.11. The number of amides is 2. The van der Waals surface area contributed by atoms with E-state index >= 15 is 0 Å².